The molecule has 104 valence electrons. The maximum absolute atomic E-state index is 2.34. The molecule has 0 bridgehead atoms. The third-order valence-electron chi connectivity index (χ3n) is 4.36. The monoisotopic (exact) mass is 282 g/mol. The summed E-state index contributed by atoms with van der Waals surface area (Å²) in [4.78, 5) is 0. The van der Waals surface area contributed by atoms with E-state index in [-0.39, 0.29) is 7.92 Å². The highest BCUT2D eigenvalue weighted by molar-refractivity contribution is 7.58. The molecule has 0 aliphatic carbocycles. The van der Waals surface area contributed by atoms with Crippen molar-refractivity contribution in [3.63, 3.8) is 0 Å². The van der Waals surface area contributed by atoms with E-state index in [1.54, 1.807) is 11.1 Å². The van der Waals surface area contributed by atoms with E-state index in [1.165, 1.54) is 25.4 Å². The predicted molar refractivity (Wildman–Crippen MR) is 89.7 cm³/mol. The topological polar surface area (TPSA) is 0 Å². The Balaban J connectivity index is 1.87. The van der Waals surface area contributed by atoms with Crippen molar-refractivity contribution in [2.24, 2.45) is 0 Å². The molecule has 2 aromatic rings. The Morgan fingerprint density at radius 3 is 1.65 bits per heavy atom. The highest BCUT2D eigenvalue weighted by Crippen LogP contribution is 2.70. The van der Waals surface area contributed by atoms with Gasteiger partial charge in [-0.05, 0) is 30.1 Å². The molecule has 1 heterocycles. The summed E-state index contributed by atoms with van der Waals surface area (Å²) in [6.07, 6.45) is 5.47. The van der Waals surface area contributed by atoms with Crippen LogP contribution < -0.4 is 0 Å². The first kappa shape index (κ1) is 13.8. The zero-order chi connectivity index (χ0) is 13.8. The van der Waals surface area contributed by atoms with E-state index < -0.39 is 0 Å². The molecular formula is C19H23P. The second kappa shape index (κ2) is 6.55. The van der Waals surface area contributed by atoms with Crippen molar-refractivity contribution in [1.29, 1.82) is 0 Å². The van der Waals surface area contributed by atoms with Gasteiger partial charge < -0.3 is 0 Å². The van der Waals surface area contributed by atoms with Crippen LogP contribution >= 0.6 is 7.92 Å². The minimum atomic E-state index is 0.0754. The first-order chi connectivity index (χ1) is 9.90. The number of benzene rings is 2. The van der Waals surface area contributed by atoms with E-state index in [9.17, 15) is 0 Å². The van der Waals surface area contributed by atoms with Crippen molar-refractivity contribution in [2.45, 2.75) is 37.5 Å². The van der Waals surface area contributed by atoms with Crippen LogP contribution in [0.4, 0.5) is 0 Å². The van der Waals surface area contributed by atoms with Crippen molar-refractivity contribution in [3.8, 4) is 0 Å². The Bertz CT molecular complexity index is 472. The normalized spacial score (nSPS) is 25.8. The summed E-state index contributed by atoms with van der Waals surface area (Å²) < 4.78 is 0. The average Bonchev–Trinajstić information content (AvgIpc) is 2.93. The van der Waals surface area contributed by atoms with Crippen molar-refractivity contribution < 1.29 is 0 Å². The summed E-state index contributed by atoms with van der Waals surface area (Å²) in [5.41, 5.74) is 4.78. The van der Waals surface area contributed by atoms with E-state index >= 15 is 0 Å². The van der Waals surface area contributed by atoms with Gasteiger partial charge in [-0.15, -0.1) is 0 Å². The summed E-state index contributed by atoms with van der Waals surface area (Å²) in [6.45, 7) is 2.34. The Morgan fingerprint density at radius 2 is 1.25 bits per heavy atom. The molecule has 20 heavy (non-hydrogen) atoms. The second-order valence-electron chi connectivity index (χ2n) is 5.67. The van der Waals surface area contributed by atoms with Gasteiger partial charge in [0.15, 0.2) is 0 Å². The Morgan fingerprint density at radius 1 is 0.800 bits per heavy atom. The molecule has 0 nitrogen and oxygen atoms in total. The second-order valence-corrected chi connectivity index (χ2v) is 8.39. The van der Waals surface area contributed by atoms with Crippen molar-refractivity contribution in [2.75, 3.05) is 6.16 Å². The smallest absolute Gasteiger partial charge is 0.00476 e. The van der Waals surface area contributed by atoms with Crippen LogP contribution in [0.15, 0.2) is 60.7 Å². The first-order valence-electron chi connectivity index (χ1n) is 7.75. The molecule has 2 atom stereocenters. The van der Waals surface area contributed by atoms with Crippen LogP contribution in [-0.2, 0) is 0 Å². The molecule has 1 aliphatic rings. The lowest BCUT2D eigenvalue weighted by molar-refractivity contribution is 0.765. The molecule has 1 fully saturated rings. The van der Waals surface area contributed by atoms with Gasteiger partial charge >= 0.3 is 0 Å². The lowest BCUT2D eigenvalue weighted by Crippen LogP contribution is -1.97. The summed E-state index contributed by atoms with van der Waals surface area (Å²) >= 11 is 0. The van der Waals surface area contributed by atoms with Gasteiger partial charge in [-0.3, -0.25) is 0 Å². The maximum atomic E-state index is 2.34. The quantitative estimate of drug-likeness (QED) is 0.589. The average molecular weight is 282 g/mol. The van der Waals surface area contributed by atoms with Crippen LogP contribution in [-0.4, -0.2) is 6.16 Å². The van der Waals surface area contributed by atoms with Gasteiger partial charge in [-0.2, -0.15) is 0 Å². The molecule has 0 N–H and O–H groups in total. The van der Waals surface area contributed by atoms with Gasteiger partial charge in [-0.25, -0.2) is 0 Å². The van der Waals surface area contributed by atoms with Gasteiger partial charge in [-0.1, -0.05) is 81.9 Å². The van der Waals surface area contributed by atoms with E-state index in [1.807, 2.05) is 0 Å². The highest BCUT2D eigenvalue weighted by atomic mass is 31.1. The predicted octanol–water partition coefficient (Wildman–Crippen LogP) is 6.15. The van der Waals surface area contributed by atoms with Crippen LogP contribution in [0.1, 0.15) is 48.6 Å². The molecule has 0 spiro atoms. The van der Waals surface area contributed by atoms with Crippen LogP contribution in [0.3, 0.4) is 0 Å². The third-order valence-corrected chi connectivity index (χ3v) is 8.04. The van der Waals surface area contributed by atoms with Crippen molar-refractivity contribution in [3.05, 3.63) is 71.8 Å². The van der Waals surface area contributed by atoms with Crippen LogP contribution in [0, 0.1) is 0 Å². The molecule has 0 amide bonds. The molecule has 1 heteroatoms. The minimum absolute atomic E-state index is 0.0754. The highest BCUT2D eigenvalue weighted by Gasteiger charge is 2.36. The van der Waals surface area contributed by atoms with E-state index in [0.717, 1.165) is 11.3 Å². The molecule has 1 saturated heterocycles. The molecule has 2 unspecified atom stereocenters. The Hall–Kier alpha value is -1.13. The van der Waals surface area contributed by atoms with Gasteiger partial charge in [0.25, 0.3) is 0 Å². The molecular weight excluding hydrogens is 259 g/mol. The fraction of sp³-hybridized carbons (Fsp3) is 0.368. The van der Waals surface area contributed by atoms with Crippen LogP contribution in [0.25, 0.3) is 0 Å². The Kier molecular flexibility index (Phi) is 4.53. The van der Waals surface area contributed by atoms with Gasteiger partial charge in [0.2, 0.25) is 0 Å². The lowest BCUT2D eigenvalue weighted by atomic mass is 10.0. The molecule has 0 aromatic heterocycles. The van der Waals surface area contributed by atoms with E-state index in [2.05, 4.69) is 67.6 Å². The summed E-state index contributed by atoms with van der Waals surface area (Å²) in [7, 11) is 0.0754. The number of hydrogen-bond donors (Lipinski definition) is 0. The Labute approximate surface area is 124 Å². The largest absolute Gasteiger partial charge is 0.0913 e. The minimum Gasteiger partial charge on any atom is -0.0913 e. The molecule has 1 aliphatic heterocycles. The van der Waals surface area contributed by atoms with Crippen molar-refractivity contribution >= 4 is 7.92 Å². The van der Waals surface area contributed by atoms with Crippen LogP contribution in [0.2, 0.25) is 0 Å². The number of hydrogen-bond acceptors (Lipinski definition) is 0. The number of rotatable bonds is 4. The van der Waals surface area contributed by atoms with E-state index in [0.29, 0.717) is 0 Å². The zero-order valence-corrected chi connectivity index (χ0v) is 13.1. The molecule has 0 radical (unpaired) electrons. The van der Waals surface area contributed by atoms with Gasteiger partial charge in [0, 0.05) is 11.3 Å². The SMILES string of the molecule is CCCP1C(c2ccccc2)CCC1c1ccccc1. The third kappa shape index (κ3) is 2.81. The zero-order valence-electron chi connectivity index (χ0n) is 12.2. The molecule has 0 saturated carbocycles. The standard InChI is InChI=1S/C19H23P/c1-2-15-20-18(16-9-5-3-6-10-16)13-14-19(20)17-11-7-4-8-12-17/h3-12,18-19H,2,13-15H2,1H3. The summed E-state index contributed by atoms with van der Waals surface area (Å²) in [5, 5.41) is 0. The van der Waals surface area contributed by atoms with Gasteiger partial charge in [0.1, 0.15) is 0 Å². The summed E-state index contributed by atoms with van der Waals surface area (Å²) in [5.74, 6) is 0. The first-order valence-corrected chi connectivity index (χ1v) is 9.42. The molecule has 3 rings (SSSR count). The lowest BCUT2D eigenvalue weighted by Gasteiger charge is -2.26. The maximum Gasteiger partial charge on any atom is 0.00476 e. The van der Waals surface area contributed by atoms with Crippen LogP contribution in [0.5, 0.6) is 0 Å². The molecule has 2 aromatic carbocycles. The van der Waals surface area contributed by atoms with E-state index in [4.69, 9.17) is 0 Å². The van der Waals surface area contributed by atoms with Gasteiger partial charge in [0.05, 0.1) is 0 Å². The fourth-order valence-corrected chi connectivity index (χ4v) is 7.15. The van der Waals surface area contributed by atoms with Crippen molar-refractivity contribution in [1.82, 2.24) is 0 Å². The fourth-order valence-electron chi connectivity index (χ4n) is 3.50. The summed E-state index contributed by atoms with van der Waals surface area (Å²) in [6, 6.07) is 22.4.